The molecule has 0 aromatic carbocycles. The lowest BCUT2D eigenvalue weighted by atomic mass is 10.2. The van der Waals surface area contributed by atoms with Gasteiger partial charge in [-0.2, -0.15) is 0 Å². The van der Waals surface area contributed by atoms with Crippen molar-refractivity contribution in [3.8, 4) is 0 Å². The number of carbonyl (C=O) groups is 1. The van der Waals surface area contributed by atoms with Gasteiger partial charge in [-0.15, -0.1) is 0 Å². The van der Waals surface area contributed by atoms with Crippen LogP contribution in [-0.4, -0.2) is 16.1 Å². The van der Waals surface area contributed by atoms with Crippen LogP contribution in [0.15, 0.2) is 10.7 Å². The van der Waals surface area contributed by atoms with Crippen LogP contribution < -0.4 is 0 Å². The number of alkyl halides is 2. The number of rotatable bonds is 3. The Labute approximate surface area is 97.2 Å². The highest BCUT2D eigenvalue weighted by atomic mass is 79.9. The van der Waals surface area contributed by atoms with Crippen LogP contribution in [0.3, 0.4) is 0 Å². The summed E-state index contributed by atoms with van der Waals surface area (Å²) in [6.45, 7) is 0. The molecule has 0 unspecified atom stereocenters. The minimum atomic E-state index is -2.71. The summed E-state index contributed by atoms with van der Waals surface area (Å²) in [4.78, 5) is 14.0. The maximum Gasteiger partial charge on any atom is 0.309 e. The first-order valence-electron chi connectivity index (χ1n) is 3.76. The molecule has 82 valence electrons. The molecule has 1 heterocycles. The van der Waals surface area contributed by atoms with Crippen molar-refractivity contribution in [1.29, 1.82) is 0 Å². The van der Waals surface area contributed by atoms with Gasteiger partial charge < -0.3 is 5.11 Å². The molecule has 0 aliphatic heterocycles. The van der Waals surface area contributed by atoms with Gasteiger partial charge in [0.05, 0.1) is 22.7 Å². The van der Waals surface area contributed by atoms with Crippen LogP contribution in [0.25, 0.3) is 0 Å². The first kappa shape index (κ1) is 12.3. The van der Waals surface area contributed by atoms with Crippen molar-refractivity contribution in [2.75, 3.05) is 0 Å². The topological polar surface area (TPSA) is 50.2 Å². The summed E-state index contributed by atoms with van der Waals surface area (Å²) in [5.74, 6) is -1.12. The Kier molecular flexibility index (Phi) is 3.98. The van der Waals surface area contributed by atoms with E-state index in [1.165, 1.54) is 0 Å². The predicted molar refractivity (Wildman–Crippen MR) is 53.2 cm³/mol. The van der Waals surface area contributed by atoms with E-state index in [0.29, 0.717) is 0 Å². The summed E-state index contributed by atoms with van der Waals surface area (Å²) in [5.41, 5.74) is -0.297. The SMILES string of the molecule is O=C(O)Cc1ncc(C(F)F)c(Br)c1Cl. The zero-order valence-corrected chi connectivity index (χ0v) is 9.52. The Balaban J connectivity index is 3.15. The highest BCUT2D eigenvalue weighted by Gasteiger charge is 2.18. The van der Waals surface area contributed by atoms with E-state index < -0.39 is 18.8 Å². The van der Waals surface area contributed by atoms with Gasteiger partial charge in [0.2, 0.25) is 0 Å². The second kappa shape index (κ2) is 4.85. The summed E-state index contributed by atoms with van der Waals surface area (Å²) in [6.07, 6.45) is -2.19. The smallest absolute Gasteiger partial charge is 0.309 e. The first-order chi connectivity index (χ1) is 6.93. The van der Waals surface area contributed by atoms with Crippen molar-refractivity contribution in [2.45, 2.75) is 12.8 Å². The fraction of sp³-hybridized carbons (Fsp3) is 0.250. The number of hydrogen-bond donors (Lipinski definition) is 1. The first-order valence-corrected chi connectivity index (χ1v) is 4.93. The molecule has 0 saturated carbocycles. The molecule has 7 heteroatoms. The lowest BCUT2D eigenvalue weighted by Gasteiger charge is -2.07. The minimum absolute atomic E-state index is 0.00887. The average Bonchev–Trinajstić information content (AvgIpc) is 2.12. The summed E-state index contributed by atoms with van der Waals surface area (Å²) < 4.78 is 24.7. The van der Waals surface area contributed by atoms with Gasteiger partial charge in [0.15, 0.2) is 0 Å². The molecule has 1 N–H and O–H groups in total. The molecule has 0 aliphatic carbocycles. The van der Waals surface area contributed by atoms with Gasteiger partial charge in [0.1, 0.15) is 0 Å². The van der Waals surface area contributed by atoms with Gasteiger partial charge in [-0.05, 0) is 15.9 Å². The molecule has 0 atom stereocenters. The highest BCUT2D eigenvalue weighted by molar-refractivity contribution is 9.10. The van der Waals surface area contributed by atoms with E-state index in [4.69, 9.17) is 16.7 Å². The lowest BCUT2D eigenvalue weighted by Crippen LogP contribution is -2.04. The molecule has 1 aromatic rings. The number of nitrogens with zero attached hydrogens (tertiary/aromatic N) is 1. The average molecular weight is 300 g/mol. The Morgan fingerprint density at radius 3 is 2.73 bits per heavy atom. The zero-order chi connectivity index (χ0) is 11.6. The van der Waals surface area contributed by atoms with Gasteiger partial charge in [-0.1, -0.05) is 11.6 Å². The van der Waals surface area contributed by atoms with E-state index in [-0.39, 0.29) is 20.8 Å². The Morgan fingerprint density at radius 2 is 2.27 bits per heavy atom. The van der Waals surface area contributed by atoms with Crippen LogP contribution in [-0.2, 0) is 11.2 Å². The molecular formula is C8H5BrClF2NO2. The van der Waals surface area contributed by atoms with Crippen LogP contribution in [0.2, 0.25) is 5.02 Å². The van der Waals surface area contributed by atoms with Crippen molar-refractivity contribution < 1.29 is 18.7 Å². The molecule has 0 spiro atoms. The number of hydrogen-bond acceptors (Lipinski definition) is 2. The number of carboxylic acids is 1. The van der Waals surface area contributed by atoms with E-state index in [0.717, 1.165) is 6.20 Å². The van der Waals surface area contributed by atoms with Crippen LogP contribution in [0, 0.1) is 0 Å². The van der Waals surface area contributed by atoms with Gasteiger partial charge in [-0.25, -0.2) is 8.78 Å². The minimum Gasteiger partial charge on any atom is -0.481 e. The maximum atomic E-state index is 12.4. The molecule has 0 amide bonds. The highest BCUT2D eigenvalue weighted by Crippen LogP contribution is 2.34. The van der Waals surface area contributed by atoms with Gasteiger partial charge in [0, 0.05) is 10.7 Å². The Bertz CT molecular complexity index is 400. The standard InChI is InChI=1S/C8H5BrClF2NO2/c9-6-3(8(11)12)2-13-4(7(6)10)1-5(14)15/h2,8H,1H2,(H,14,15). The van der Waals surface area contributed by atoms with Gasteiger partial charge >= 0.3 is 5.97 Å². The molecule has 0 aliphatic rings. The Hall–Kier alpha value is -0.750. The molecular weight excluding hydrogens is 295 g/mol. The molecule has 0 radical (unpaired) electrons. The summed E-state index contributed by atoms with van der Waals surface area (Å²) in [6, 6.07) is 0. The summed E-state index contributed by atoms with van der Waals surface area (Å²) in [5, 5.41) is 8.41. The van der Waals surface area contributed by atoms with Crippen molar-refractivity contribution in [3.63, 3.8) is 0 Å². The second-order valence-corrected chi connectivity index (χ2v) is 3.83. The number of aliphatic carboxylic acids is 1. The van der Waals surface area contributed by atoms with Crippen molar-refractivity contribution in [3.05, 3.63) is 26.9 Å². The molecule has 3 nitrogen and oxygen atoms in total. The largest absolute Gasteiger partial charge is 0.481 e. The van der Waals surface area contributed by atoms with Crippen molar-refractivity contribution in [1.82, 2.24) is 4.98 Å². The summed E-state index contributed by atoms with van der Waals surface area (Å²) >= 11 is 8.56. The van der Waals surface area contributed by atoms with Crippen LogP contribution in [0.5, 0.6) is 0 Å². The molecule has 1 aromatic heterocycles. The Morgan fingerprint density at radius 1 is 1.67 bits per heavy atom. The number of carboxylic acid groups (broad SMARTS) is 1. The summed E-state index contributed by atoms with van der Waals surface area (Å²) in [7, 11) is 0. The van der Waals surface area contributed by atoms with E-state index >= 15 is 0 Å². The van der Waals surface area contributed by atoms with E-state index in [2.05, 4.69) is 20.9 Å². The molecule has 15 heavy (non-hydrogen) atoms. The fourth-order valence-electron chi connectivity index (χ4n) is 0.933. The molecule has 0 fully saturated rings. The fourth-order valence-corrected chi connectivity index (χ4v) is 1.66. The monoisotopic (exact) mass is 299 g/mol. The molecule has 0 bridgehead atoms. The quantitative estimate of drug-likeness (QED) is 0.933. The zero-order valence-electron chi connectivity index (χ0n) is 7.18. The third-order valence-corrected chi connectivity index (χ3v) is 3.10. The maximum absolute atomic E-state index is 12.4. The van der Waals surface area contributed by atoms with Crippen LogP contribution in [0.1, 0.15) is 17.7 Å². The van der Waals surface area contributed by atoms with Crippen molar-refractivity contribution in [2.24, 2.45) is 0 Å². The van der Waals surface area contributed by atoms with E-state index in [1.807, 2.05) is 0 Å². The van der Waals surface area contributed by atoms with E-state index in [9.17, 15) is 13.6 Å². The number of aromatic nitrogens is 1. The molecule has 1 rings (SSSR count). The number of halogens is 4. The van der Waals surface area contributed by atoms with Crippen molar-refractivity contribution >= 4 is 33.5 Å². The third-order valence-electron chi connectivity index (χ3n) is 1.61. The van der Waals surface area contributed by atoms with Crippen LogP contribution in [0.4, 0.5) is 8.78 Å². The van der Waals surface area contributed by atoms with E-state index in [1.54, 1.807) is 0 Å². The third kappa shape index (κ3) is 2.85. The lowest BCUT2D eigenvalue weighted by molar-refractivity contribution is -0.136. The normalized spacial score (nSPS) is 10.7. The van der Waals surface area contributed by atoms with Crippen LogP contribution >= 0.6 is 27.5 Å². The second-order valence-electron chi connectivity index (χ2n) is 2.66. The number of pyridine rings is 1. The van der Waals surface area contributed by atoms with Gasteiger partial charge in [0.25, 0.3) is 6.43 Å². The molecule has 0 saturated heterocycles. The predicted octanol–water partition coefficient (Wildman–Crippen LogP) is 3.06. The van der Waals surface area contributed by atoms with Gasteiger partial charge in [-0.3, -0.25) is 9.78 Å².